The molecule has 0 N–H and O–H groups in total. The van der Waals surface area contributed by atoms with Gasteiger partial charge in [-0.15, -0.1) is 0 Å². The Morgan fingerprint density at radius 2 is 2.20 bits per heavy atom. The first kappa shape index (κ1) is 10.4. The van der Waals surface area contributed by atoms with Crippen molar-refractivity contribution in [2.24, 2.45) is 5.92 Å². The highest BCUT2D eigenvalue weighted by Crippen LogP contribution is 2.22. The first-order valence-corrected chi connectivity index (χ1v) is 5.27. The van der Waals surface area contributed by atoms with Gasteiger partial charge in [-0.05, 0) is 29.7 Å². The molecule has 0 unspecified atom stereocenters. The van der Waals surface area contributed by atoms with E-state index in [1.54, 1.807) is 6.07 Å². The fraction of sp³-hybridized carbons (Fsp3) is 0.364. The summed E-state index contributed by atoms with van der Waals surface area (Å²) in [5, 5.41) is 0.351. The van der Waals surface area contributed by atoms with Crippen LogP contribution in [0.5, 0.6) is 0 Å². The molecule has 2 nitrogen and oxygen atoms in total. The summed E-state index contributed by atoms with van der Waals surface area (Å²) in [6.07, 6.45) is 0. The number of aromatic nitrogens is 2. The summed E-state index contributed by atoms with van der Waals surface area (Å²) in [6.45, 7) is 4.92. The highest BCUT2D eigenvalue weighted by Gasteiger charge is 2.12. The maximum absolute atomic E-state index is 13.4. The number of fused-ring (bicyclic) bond motifs is 1. The van der Waals surface area contributed by atoms with Gasteiger partial charge in [0.2, 0.25) is 5.28 Å². The lowest BCUT2D eigenvalue weighted by atomic mass is 10.2. The third-order valence-electron chi connectivity index (χ3n) is 2.23. The minimum absolute atomic E-state index is 0.322. The van der Waals surface area contributed by atoms with Crippen molar-refractivity contribution in [2.75, 3.05) is 0 Å². The molecule has 0 aliphatic rings. The second-order valence-electron chi connectivity index (χ2n) is 3.99. The highest BCUT2D eigenvalue weighted by molar-refractivity contribution is 6.29. The molecule has 0 atom stereocenters. The molecule has 2 rings (SSSR count). The molecule has 0 bridgehead atoms. The van der Waals surface area contributed by atoms with Crippen LogP contribution in [0.1, 0.15) is 13.8 Å². The Bertz CT molecular complexity index is 491. The van der Waals surface area contributed by atoms with E-state index in [0.29, 0.717) is 16.7 Å². The normalized spacial score (nSPS) is 11.5. The van der Waals surface area contributed by atoms with Crippen molar-refractivity contribution in [3.05, 3.63) is 29.3 Å². The monoisotopic (exact) mass is 226 g/mol. The third kappa shape index (κ3) is 1.84. The summed E-state index contributed by atoms with van der Waals surface area (Å²) in [5.41, 5.74) is 1.11. The Kier molecular flexibility index (Phi) is 2.65. The van der Waals surface area contributed by atoms with Gasteiger partial charge in [-0.3, -0.25) is 0 Å². The van der Waals surface area contributed by atoms with Crippen LogP contribution in [0.2, 0.25) is 5.28 Å². The van der Waals surface area contributed by atoms with Crippen LogP contribution < -0.4 is 0 Å². The van der Waals surface area contributed by atoms with Gasteiger partial charge in [0.25, 0.3) is 0 Å². The molecule has 80 valence electrons. The van der Waals surface area contributed by atoms with E-state index in [1.165, 1.54) is 6.07 Å². The maximum Gasteiger partial charge on any atom is 0.203 e. The first-order chi connectivity index (χ1) is 7.09. The Balaban J connectivity index is 2.63. The van der Waals surface area contributed by atoms with E-state index in [9.17, 15) is 4.39 Å². The molecular formula is C11H12ClFN2. The van der Waals surface area contributed by atoms with E-state index in [2.05, 4.69) is 18.8 Å². The van der Waals surface area contributed by atoms with Crippen LogP contribution in [0.15, 0.2) is 18.2 Å². The zero-order chi connectivity index (χ0) is 11.0. The molecular weight excluding hydrogens is 215 g/mol. The predicted molar refractivity (Wildman–Crippen MR) is 59.5 cm³/mol. The van der Waals surface area contributed by atoms with Gasteiger partial charge in [-0.1, -0.05) is 19.9 Å². The van der Waals surface area contributed by atoms with Gasteiger partial charge in [0.15, 0.2) is 5.82 Å². The largest absolute Gasteiger partial charge is 0.314 e. The van der Waals surface area contributed by atoms with Crippen LogP contribution in [0.4, 0.5) is 4.39 Å². The fourth-order valence-electron chi connectivity index (χ4n) is 1.62. The summed E-state index contributed by atoms with van der Waals surface area (Å²) < 4.78 is 15.2. The lowest BCUT2D eigenvalue weighted by Crippen LogP contribution is -2.04. The minimum Gasteiger partial charge on any atom is -0.314 e. The zero-order valence-corrected chi connectivity index (χ0v) is 9.42. The van der Waals surface area contributed by atoms with Gasteiger partial charge in [0, 0.05) is 6.54 Å². The van der Waals surface area contributed by atoms with E-state index < -0.39 is 0 Å². The summed E-state index contributed by atoms with van der Waals surface area (Å²) >= 11 is 5.97. The van der Waals surface area contributed by atoms with Crippen molar-refractivity contribution < 1.29 is 4.39 Å². The molecule has 0 spiro atoms. The van der Waals surface area contributed by atoms with Crippen LogP contribution in [0, 0.1) is 11.7 Å². The Hall–Kier alpha value is -1.09. The number of halogens is 2. The van der Waals surface area contributed by atoms with Crippen LogP contribution >= 0.6 is 11.6 Å². The number of nitrogens with zero attached hydrogens (tertiary/aromatic N) is 2. The molecule has 0 aliphatic heterocycles. The van der Waals surface area contributed by atoms with Gasteiger partial charge in [0.05, 0.1) is 5.52 Å². The quantitative estimate of drug-likeness (QED) is 0.767. The molecule has 0 fully saturated rings. The van der Waals surface area contributed by atoms with Crippen molar-refractivity contribution in [1.82, 2.24) is 9.55 Å². The third-order valence-corrected chi connectivity index (χ3v) is 2.52. The molecule has 1 aromatic carbocycles. The van der Waals surface area contributed by atoms with Gasteiger partial charge < -0.3 is 4.57 Å². The smallest absolute Gasteiger partial charge is 0.203 e. The van der Waals surface area contributed by atoms with Crippen molar-refractivity contribution in [3.63, 3.8) is 0 Å². The van der Waals surface area contributed by atoms with Crippen molar-refractivity contribution in [1.29, 1.82) is 0 Å². The standard InChI is InChI=1S/C11H12ClFN2/c1-7(2)6-15-9-5-3-4-8(13)10(9)14-11(15)12/h3-5,7H,6H2,1-2H3. The maximum atomic E-state index is 13.4. The number of hydrogen-bond donors (Lipinski definition) is 0. The predicted octanol–water partition coefficient (Wildman–Crippen LogP) is 3.48. The molecule has 1 heterocycles. The topological polar surface area (TPSA) is 17.8 Å². The van der Waals surface area contributed by atoms with Gasteiger partial charge >= 0.3 is 0 Å². The zero-order valence-electron chi connectivity index (χ0n) is 8.67. The molecule has 2 aromatic rings. The fourth-order valence-corrected chi connectivity index (χ4v) is 1.87. The average Bonchev–Trinajstić information content (AvgIpc) is 2.45. The Labute approximate surface area is 92.7 Å². The lowest BCUT2D eigenvalue weighted by molar-refractivity contribution is 0.533. The number of rotatable bonds is 2. The van der Waals surface area contributed by atoms with Crippen molar-refractivity contribution in [3.8, 4) is 0 Å². The van der Waals surface area contributed by atoms with E-state index in [4.69, 9.17) is 11.6 Å². The van der Waals surface area contributed by atoms with Gasteiger partial charge in [0.1, 0.15) is 5.52 Å². The summed E-state index contributed by atoms with van der Waals surface area (Å²) in [4.78, 5) is 4.02. The van der Waals surface area contributed by atoms with E-state index >= 15 is 0 Å². The summed E-state index contributed by atoms with van der Waals surface area (Å²) in [5.74, 6) is 0.125. The van der Waals surface area contributed by atoms with E-state index in [-0.39, 0.29) is 5.82 Å². The molecule has 0 saturated heterocycles. The van der Waals surface area contributed by atoms with Crippen molar-refractivity contribution >= 4 is 22.6 Å². The first-order valence-electron chi connectivity index (χ1n) is 4.90. The van der Waals surface area contributed by atoms with Crippen LogP contribution in [0.25, 0.3) is 11.0 Å². The highest BCUT2D eigenvalue weighted by atomic mass is 35.5. The molecule has 0 radical (unpaired) electrons. The SMILES string of the molecule is CC(C)Cn1c(Cl)nc2c(F)cccc21. The number of para-hydroxylation sites is 1. The van der Waals surface area contributed by atoms with Crippen LogP contribution in [0.3, 0.4) is 0 Å². The van der Waals surface area contributed by atoms with E-state index in [0.717, 1.165) is 12.1 Å². The number of benzene rings is 1. The number of hydrogen-bond acceptors (Lipinski definition) is 1. The molecule has 4 heteroatoms. The summed E-state index contributed by atoms with van der Waals surface area (Å²) in [6, 6.07) is 4.90. The Morgan fingerprint density at radius 3 is 2.87 bits per heavy atom. The molecule has 15 heavy (non-hydrogen) atoms. The summed E-state index contributed by atoms with van der Waals surface area (Å²) in [7, 11) is 0. The van der Waals surface area contributed by atoms with E-state index in [1.807, 2.05) is 10.6 Å². The second kappa shape index (κ2) is 3.81. The minimum atomic E-state index is -0.322. The Morgan fingerprint density at radius 1 is 1.47 bits per heavy atom. The molecule has 0 aliphatic carbocycles. The molecule has 0 amide bonds. The average molecular weight is 227 g/mol. The molecule has 0 saturated carbocycles. The van der Waals surface area contributed by atoms with Crippen LogP contribution in [-0.2, 0) is 6.54 Å². The van der Waals surface area contributed by atoms with Crippen LogP contribution in [-0.4, -0.2) is 9.55 Å². The number of imidazole rings is 1. The second-order valence-corrected chi connectivity index (χ2v) is 4.33. The van der Waals surface area contributed by atoms with Gasteiger partial charge in [-0.25, -0.2) is 9.37 Å². The van der Waals surface area contributed by atoms with Crippen molar-refractivity contribution in [2.45, 2.75) is 20.4 Å². The lowest BCUT2D eigenvalue weighted by Gasteiger charge is -2.08. The van der Waals surface area contributed by atoms with Gasteiger partial charge in [-0.2, -0.15) is 0 Å². The molecule has 1 aromatic heterocycles.